The van der Waals surface area contributed by atoms with Crippen LogP contribution in [0.3, 0.4) is 0 Å². The fraction of sp³-hybridized carbons (Fsp3) is 0.182. The van der Waals surface area contributed by atoms with Crippen LogP contribution >= 0.6 is 0 Å². The van der Waals surface area contributed by atoms with Gasteiger partial charge in [-0.05, 0) is 18.2 Å². The quantitative estimate of drug-likeness (QED) is 0.680. The van der Waals surface area contributed by atoms with Crippen molar-refractivity contribution >= 4 is 5.82 Å². The summed E-state index contributed by atoms with van der Waals surface area (Å²) in [5, 5.41) is 9.74. The molecule has 0 aliphatic rings. The summed E-state index contributed by atoms with van der Waals surface area (Å²) in [6.07, 6.45) is 0. The van der Waals surface area contributed by atoms with Crippen LogP contribution in [0.15, 0.2) is 42.5 Å². The summed E-state index contributed by atoms with van der Waals surface area (Å²) in [6, 6.07) is 14.8. The Morgan fingerprint density at radius 3 is 2.07 bits per heavy atom. The lowest BCUT2D eigenvalue weighted by Crippen LogP contribution is -2.02. The smallest absolute Gasteiger partial charge is 0.142 e. The van der Waals surface area contributed by atoms with Crippen molar-refractivity contribution in [2.45, 2.75) is 0 Å². The highest BCUT2D eigenvalue weighted by atomic mass is 16.5. The van der Waals surface area contributed by atoms with Crippen molar-refractivity contribution in [1.29, 1.82) is 5.26 Å². The minimum absolute atomic E-state index is 0.114. The molecule has 2 aromatic carbocycles. The Labute approximate surface area is 169 Å². The van der Waals surface area contributed by atoms with Crippen LogP contribution in [0.4, 0.5) is 5.82 Å². The fourth-order valence-corrected chi connectivity index (χ4v) is 3.08. The van der Waals surface area contributed by atoms with E-state index in [4.69, 9.17) is 24.7 Å². The Kier molecular flexibility index (Phi) is 5.74. The van der Waals surface area contributed by atoms with E-state index >= 15 is 0 Å². The molecule has 7 heteroatoms. The summed E-state index contributed by atoms with van der Waals surface area (Å²) in [5.74, 6) is 2.34. The topological polar surface area (TPSA) is 99.6 Å². The van der Waals surface area contributed by atoms with Crippen molar-refractivity contribution in [1.82, 2.24) is 4.98 Å². The van der Waals surface area contributed by atoms with Crippen LogP contribution in [0.1, 0.15) is 5.56 Å². The van der Waals surface area contributed by atoms with E-state index < -0.39 is 0 Å². The number of hydrogen-bond donors (Lipinski definition) is 1. The molecule has 0 radical (unpaired) electrons. The van der Waals surface area contributed by atoms with Crippen LogP contribution in [0, 0.1) is 11.3 Å². The van der Waals surface area contributed by atoms with E-state index in [1.807, 2.05) is 24.3 Å². The molecule has 0 spiro atoms. The molecular formula is C22H21N3O4. The third-order valence-electron chi connectivity index (χ3n) is 4.51. The Morgan fingerprint density at radius 2 is 1.52 bits per heavy atom. The average Bonchev–Trinajstić information content (AvgIpc) is 2.77. The number of nitrogen functional groups attached to an aromatic ring is 1. The average molecular weight is 391 g/mol. The Morgan fingerprint density at radius 1 is 0.862 bits per heavy atom. The Hall–Kier alpha value is -3.92. The van der Waals surface area contributed by atoms with Gasteiger partial charge in [0.2, 0.25) is 0 Å². The minimum Gasteiger partial charge on any atom is -0.497 e. The van der Waals surface area contributed by atoms with E-state index in [0.717, 1.165) is 5.56 Å². The first kappa shape index (κ1) is 19.8. The molecule has 0 fully saturated rings. The van der Waals surface area contributed by atoms with Crippen molar-refractivity contribution in [3.05, 3.63) is 48.0 Å². The van der Waals surface area contributed by atoms with Crippen LogP contribution in [0.5, 0.6) is 23.0 Å². The number of hydrogen-bond acceptors (Lipinski definition) is 7. The highest BCUT2D eigenvalue weighted by molar-refractivity contribution is 5.87. The number of nitrogens with two attached hydrogens (primary N) is 1. The molecule has 3 rings (SSSR count). The number of nitriles is 1. The number of methoxy groups -OCH3 is 4. The molecule has 29 heavy (non-hydrogen) atoms. The first-order chi connectivity index (χ1) is 14.1. The summed E-state index contributed by atoms with van der Waals surface area (Å²) in [6.45, 7) is 0. The predicted octanol–water partition coefficient (Wildman–Crippen LogP) is 3.90. The minimum atomic E-state index is 0.114. The van der Waals surface area contributed by atoms with Crippen LogP contribution < -0.4 is 24.7 Å². The lowest BCUT2D eigenvalue weighted by molar-refractivity contribution is 0.377. The highest BCUT2D eigenvalue weighted by Crippen LogP contribution is 2.44. The number of anilines is 1. The van der Waals surface area contributed by atoms with Gasteiger partial charge < -0.3 is 24.7 Å². The fourth-order valence-electron chi connectivity index (χ4n) is 3.08. The van der Waals surface area contributed by atoms with Crippen molar-refractivity contribution in [3.8, 4) is 51.5 Å². The van der Waals surface area contributed by atoms with E-state index in [9.17, 15) is 5.26 Å². The lowest BCUT2D eigenvalue weighted by Gasteiger charge is -2.17. The zero-order chi connectivity index (χ0) is 21.0. The summed E-state index contributed by atoms with van der Waals surface area (Å²) < 4.78 is 21.7. The summed E-state index contributed by atoms with van der Waals surface area (Å²) >= 11 is 0. The largest absolute Gasteiger partial charge is 0.497 e. The number of aromatic nitrogens is 1. The molecule has 0 amide bonds. The third-order valence-corrected chi connectivity index (χ3v) is 4.51. The van der Waals surface area contributed by atoms with Gasteiger partial charge in [0, 0.05) is 23.3 Å². The van der Waals surface area contributed by atoms with E-state index in [2.05, 4.69) is 11.1 Å². The first-order valence-electron chi connectivity index (χ1n) is 8.71. The van der Waals surface area contributed by atoms with E-state index in [0.29, 0.717) is 39.8 Å². The van der Waals surface area contributed by atoms with Gasteiger partial charge in [0.25, 0.3) is 0 Å². The van der Waals surface area contributed by atoms with Crippen LogP contribution in [0.2, 0.25) is 0 Å². The summed E-state index contributed by atoms with van der Waals surface area (Å²) in [5.41, 5.74) is 8.91. The second-order valence-corrected chi connectivity index (χ2v) is 6.07. The lowest BCUT2D eigenvalue weighted by atomic mass is 9.96. The molecule has 0 atom stereocenters. The molecule has 2 N–H and O–H groups in total. The molecule has 3 aromatic rings. The van der Waals surface area contributed by atoms with Crippen molar-refractivity contribution in [2.24, 2.45) is 0 Å². The second-order valence-electron chi connectivity index (χ2n) is 6.07. The maximum atomic E-state index is 9.74. The third kappa shape index (κ3) is 3.73. The highest BCUT2D eigenvalue weighted by Gasteiger charge is 2.21. The molecule has 0 saturated heterocycles. The predicted molar refractivity (Wildman–Crippen MR) is 110 cm³/mol. The van der Waals surface area contributed by atoms with E-state index in [1.165, 1.54) is 14.2 Å². The SMILES string of the molecule is COc1cccc(-c2cc(-c3c(OC)cc(OC)cc3OC)c(C#N)c(N)n2)c1. The zero-order valence-electron chi connectivity index (χ0n) is 16.6. The maximum absolute atomic E-state index is 9.74. The van der Waals surface area contributed by atoms with Gasteiger partial charge in [-0.2, -0.15) is 5.26 Å². The van der Waals surface area contributed by atoms with E-state index in [-0.39, 0.29) is 11.4 Å². The Bertz CT molecular complexity index is 1060. The second kappa shape index (κ2) is 8.40. The molecule has 0 saturated carbocycles. The van der Waals surface area contributed by atoms with Gasteiger partial charge in [-0.3, -0.25) is 0 Å². The molecule has 1 heterocycles. The number of benzene rings is 2. The van der Waals surface area contributed by atoms with Gasteiger partial charge in [-0.25, -0.2) is 4.98 Å². The molecular weight excluding hydrogens is 370 g/mol. The number of pyridine rings is 1. The standard InChI is InChI=1S/C22H21N3O4/c1-26-14-7-5-6-13(8-14)18-11-16(17(12-23)22(24)25-18)21-19(28-3)9-15(27-2)10-20(21)29-4/h5-11H,1-4H3,(H2,24,25). The number of ether oxygens (including phenoxy) is 4. The van der Waals surface area contributed by atoms with Crippen molar-refractivity contribution < 1.29 is 18.9 Å². The molecule has 0 bridgehead atoms. The monoisotopic (exact) mass is 391 g/mol. The van der Waals surface area contributed by atoms with Crippen LogP contribution in [-0.2, 0) is 0 Å². The molecule has 1 aromatic heterocycles. The zero-order valence-corrected chi connectivity index (χ0v) is 16.6. The summed E-state index contributed by atoms with van der Waals surface area (Å²) in [4.78, 5) is 4.41. The van der Waals surface area contributed by atoms with Crippen molar-refractivity contribution in [2.75, 3.05) is 34.2 Å². The normalized spacial score (nSPS) is 10.2. The van der Waals surface area contributed by atoms with Gasteiger partial charge in [0.15, 0.2) is 0 Å². The van der Waals surface area contributed by atoms with E-state index in [1.54, 1.807) is 32.4 Å². The number of rotatable bonds is 6. The van der Waals surface area contributed by atoms with Gasteiger partial charge in [0.1, 0.15) is 40.4 Å². The van der Waals surface area contributed by atoms with Gasteiger partial charge >= 0.3 is 0 Å². The molecule has 0 unspecified atom stereocenters. The number of nitrogens with zero attached hydrogens (tertiary/aromatic N) is 2. The maximum Gasteiger partial charge on any atom is 0.142 e. The van der Waals surface area contributed by atoms with Crippen LogP contribution in [-0.4, -0.2) is 33.4 Å². The van der Waals surface area contributed by atoms with Gasteiger partial charge in [-0.1, -0.05) is 12.1 Å². The van der Waals surface area contributed by atoms with Gasteiger partial charge in [-0.15, -0.1) is 0 Å². The molecule has 0 aliphatic heterocycles. The van der Waals surface area contributed by atoms with Crippen molar-refractivity contribution in [3.63, 3.8) is 0 Å². The molecule has 7 nitrogen and oxygen atoms in total. The molecule has 148 valence electrons. The van der Waals surface area contributed by atoms with Crippen LogP contribution in [0.25, 0.3) is 22.4 Å². The Balaban J connectivity index is 2.32. The molecule has 0 aliphatic carbocycles. The van der Waals surface area contributed by atoms with Gasteiger partial charge in [0.05, 0.1) is 39.7 Å². The first-order valence-corrected chi connectivity index (χ1v) is 8.71. The summed E-state index contributed by atoms with van der Waals surface area (Å²) in [7, 11) is 6.23.